The van der Waals surface area contributed by atoms with Gasteiger partial charge < -0.3 is 4.74 Å². The zero-order valence-electron chi connectivity index (χ0n) is 11.9. The molecule has 0 N–H and O–H groups in total. The monoisotopic (exact) mass is 307 g/mol. The summed E-state index contributed by atoms with van der Waals surface area (Å²) < 4.78 is 31.1. The summed E-state index contributed by atoms with van der Waals surface area (Å²) in [5.41, 5.74) is 0.935. The van der Waals surface area contributed by atoms with Crippen molar-refractivity contribution in [3.8, 4) is 0 Å². The second-order valence-electron chi connectivity index (χ2n) is 4.71. The molecule has 0 aromatic heterocycles. The molecule has 2 rings (SSSR count). The van der Waals surface area contributed by atoms with E-state index < -0.39 is 28.3 Å². The molecular weight excluding hydrogens is 290 g/mol. The van der Waals surface area contributed by atoms with E-state index in [4.69, 9.17) is 4.74 Å². The maximum absolute atomic E-state index is 12.6. The van der Waals surface area contributed by atoms with E-state index in [-0.39, 0.29) is 4.90 Å². The molecule has 1 fully saturated rings. The average molecular weight is 307 g/mol. The Kier molecular flexibility index (Phi) is 4.18. The molecule has 0 aliphatic carbocycles. The van der Waals surface area contributed by atoms with Gasteiger partial charge in [-0.3, -0.25) is 0 Å². The predicted octanol–water partition coefficient (Wildman–Crippen LogP) is 2.64. The van der Waals surface area contributed by atoms with Gasteiger partial charge in [-0.2, -0.15) is 4.31 Å². The lowest BCUT2D eigenvalue weighted by atomic mass is 10.1. The number of hydrogen-bond acceptors (Lipinski definition) is 4. The van der Waals surface area contributed by atoms with Crippen molar-refractivity contribution in [3.63, 3.8) is 0 Å². The third kappa shape index (κ3) is 2.71. The molecule has 0 spiro atoms. The van der Waals surface area contributed by atoms with Gasteiger partial charge in [-0.25, -0.2) is 13.2 Å². The van der Waals surface area contributed by atoms with Gasteiger partial charge in [0.1, 0.15) is 12.1 Å². The molecule has 5 nitrogen and oxygen atoms in total. The predicted molar refractivity (Wildman–Crippen MR) is 79.3 cm³/mol. The molecule has 112 valence electrons. The SMILES string of the molecule is C=C[C@@H]1[C@H](/C=C/C)OC(=O)N1S(=O)(=O)c1ccc(C)cc1. The van der Waals surface area contributed by atoms with E-state index in [2.05, 4.69) is 6.58 Å². The molecule has 0 bridgehead atoms. The highest BCUT2D eigenvalue weighted by Gasteiger charge is 2.46. The van der Waals surface area contributed by atoms with Crippen molar-refractivity contribution >= 4 is 16.1 Å². The fraction of sp³-hybridized carbons (Fsp3) is 0.267. The lowest BCUT2D eigenvalue weighted by molar-refractivity contribution is 0.152. The smallest absolute Gasteiger partial charge is 0.425 e. The van der Waals surface area contributed by atoms with Crippen LogP contribution in [0.2, 0.25) is 0 Å². The van der Waals surface area contributed by atoms with Gasteiger partial charge in [0.2, 0.25) is 0 Å². The van der Waals surface area contributed by atoms with E-state index in [0.29, 0.717) is 0 Å². The molecule has 1 amide bonds. The van der Waals surface area contributed by atoms with Gasteiger partial charge in [0.05, 0.1) is 4.90 Å². The second-order valence-corrected chi connectivity index (χ2v) is 6.53. The molecule has 0 unspecified atom stereocenters. The Morgan fingerprint density at radius 1 is 1.29 bits per heavy atom. The Morgan fingerprint density at radius 2 is 1.90 bits per heavy atom. The zero-order valence-corrected chi connectivity index (χ0v) is 12.7. The first-order chi connectivity index (χ1) is 9.91. The summed E-state index contributed by atoms with van der Waals surface area (Å²) in [6.07, 6.45) is 3.20. The van der Waals surface area contributed by atoms with Gasteiger partial charge in [-0.15, -0.1) is 6.58 Å². The second kappa shape index (κ2) is 5.73. The van der Waals surface area contributed by atoms with Gasteiger partial charge in [-0.05, 0) is 32.1 Å². The minimum absolute atomic E-state index is 0.0537. The summed E-state index contributed by atoms with van der Waals surface area (Å²) in [5.74, 6) is 0. The summed E-state index contributed by atoms with van der Waals surface area (Å²) in [6, 6.07) is 5.56. The Bertz CT molecular complexity index is 676. The van der Waals surface area contributed by atoms with Crippen LogP contribution in [0.25, 0.3) is 0 Å². The van der Waals surface area contributed by atoms with Crippen LogP contribution >= 0.6 is 0 Å². The van der Waals surface area contributed by atoms with Gasteiger partial charge >= 0.3 is 6.09 Å². The average Bonchev–Trinajstić information content (AvgIpc) is 2.76. The molecule has 0 saturated carbocycles. The minimum Gasteiger partial charge on any atom is -0.439 e. The van der Waals surface area contributed by atoms with Crippen molar-refractivity contribution in [2.24, 2.45) is 0 Å². The van der Waals surface area contributed by atoms with Crippen LogP contribution < -0.4 is 0 Å². The van der Waals surface area contributed by atoms with Crippen LogP contribution in [0.4, 0.5) is 4.79 Å². The Morgan fingerprint density at radius 3 is 2.43 bits per heavy atom. The zero-order chi connectivity index (χ0) is 15.6. The number of allylic oxidation sites excluding steroid dienone is 1. The maximum Gasteiger partial charge on any atom is 0.425 e. The number of sulfonamides is 1. The van der Waals surface area contributed by atoms with Crippen molar-refractivity contribution in [2.45, 2.75) is 30.9 Å². The highest BCUT2D eigenvalue weighted by atomic mass is 32.2. The number of amides is 1. The van der Waals surface area contributed by atoms with Crippen molar-refractivity contribution in [2.75, 3.05) is 0 Å². The molecule has 1 heterocycles. The Labute approximate surface area is 124 Å². The van der Waals surface area contributed by atoms with Crippen molar-refractivity contribution in [1.29, 1.82) is 0 Å². The number of ether oxygens (including phenoxy) is 1. The lowest BCUT2D eigenvalue weighted by Crippen LogP contribution is -2.39. The first-order valence-electron chi connectivity index (χ1n) is 6.49. The molecule has 6 heteroatoms. The molecule has 1 aromatic carbocycles. The number of cyclic esters (lactones) is 1. The van der Waals surface area contributed by atoms with Crippen molar-refractivity contribution < 1.29 is 17.9 Å². The molecule has 21 heavy (non-hydrogen) atoms. The summed E-state index contributed by atoms with van der Waals surface area (Å²) in [5, 5.41) is 0. The van der Waals surface area contributed by atoms with Crippen LogP contribution in [0, 0.1) is 6.92 Å². The Balaban J connectivity index is 2.45. The van der Waals surface area contributed by atoms with E-state index in [1.54, 1.807) is 31.2 Å². The normalized spacial score (nSPS) is 22.6. The fourth-order valence-electron chi connectivity index (χ4n) is 2.15. The van der Waals surface area contributed by atoms with Gasteiger partial charge in [0.15, 0.2) is 0 Å². The van der Waals surface area contributed by atoms with E-state index in [1.165, 1.54) is 18.2 Å². The van der Waals surface area contributed by atoms with Gasteiger partial charge in [-0.1, -0.05) is 29.8 Å². The number of hydrogen-bond donors (Lipinski definition) is 0. The molecular formula is C15H17NO4S. The number of carbonyl (C=O) groups is 1. The van der Waals surface area contributed by atoms with Crippen LogP contribution in [0.15, 0.2) is 54.0 Å². The van der Waals surface area contributed by atoms with Crippen LogP contribution in [-0.4, -0.2) is 31.0 Å². The van der Waals surface area contributed by atoms with Crippen LogP contribution in [0.1, 0.15) is 12.5 Å². The highest BCUT2D eigenvalue weighted by molar-refractivity contribution is 7.89. The molecule has 1 saturated heterocycles. The molecule has 2 atom stereocenters. The van der Waals surface area contributed by atoms with Crippen LogP contribution in [0.3, 0.4) is 0 Å². The van der Waals surface area contributed by atoms with Crippen LogP contribution in [0.5, 0.6) is 0 Å². The highest BCUT2D eigenvalue weighted by Crippen LogP contribution is 2.28. The fourth-order valence-corrected chi connectivity index (χ4v) is 3.62. The standard InChI is InChI=1S/C15H17NO4S/c1-4-6-14-13(5-2)16(15(17)20-14)21(18,19)12-9-7-11(3)8-10-12/h4-10,13-14H,2H2,1,3H3/b6-4+/t13-,14+/m1/s1. The largest absolute Gasteiger partial charge is 0.439 e. The Hall–Kier alpha value is -2.08. The first-order valence-corrected chi connectivity index (χ1v) is 7.93. The van der Waals surface area contributed by atoms with E-state index >= 15 is 0 Å². The third-order valence-electron chi connectivity index (χ3n) is 3.23. The van der Waals surface area contributed by atoms with Crippen molar-refractivity contribution in [3.05, 3.63) is 54.6 Å². The number of nitrogens with zero attached hydrogens (tertiary/aromatic N) is 1. The molecule has 0 radical (unpaired) electrons. The topological polar surface area (TPSA) is 63.7 Å². The summed E-state index contributed by atoms with van der Waals surface area (Å²) in [4.78, 5) is 12.0. The molecule has 1 aliphatic rings. The third-order valence-corrected chi connectivity index (χ3v) is 5.00. The minimum atomic E-state index is -3.96. The summed E-state index contributed by atoms with van der Waals surface area (Å²) in [7, 11) is -3.96. The van der Waals surface area contributed by atoms with Gasteiger partial charge in [0.25, 0.3) is 10.0 Å². The van der Waals surface area contributed by atoms with E-state index in [1.807, 2.05) is 6.92 Å². The van der Waals surface area contributed by atoms with Crippen LogP contribution in [-0.2, 0) is 14.8 Å². The maximum atomic E-state index is 12.6. The number of benzene rings is 1. The van der Waals surface area contributed by atoms with E-state index in [9.17, 15) is 13.2 Å². The number of aryl methyl sites for hydroxylation is 1. The quantitative estimate of drug-likeness (QED) is 0.802. The van der Waals surface area contributed by atoms with Crippen molar-refractivity contribution in [1.82, 2.24) is 4.31 Å². The summed E-state index contributed by atoms with van der Waals surface area (Å²) in [6.45, 7) is 7.23. The first kappa shape index (κ1) is 15.3. The molecule has 1 aliphatic heterocycles. The number of rotatable bonds is 4. The molecule has 1 aromatic rings. The lowest BCUT2D eigenvalue weighted by Gasteiger charge is -2.20. The van der Waals surface area contributed by atoms with E-state index in [0.717, 1.165) is 9.87 Å². The number of carbonyl (C=O) groups excluding carboxylic acids is 1. The summed E-state index contributed by atoms with van der Waals surface area (Å²) >= 11 is 0. The van der Waals surface area contributed by atoms with Gasteiger partial charge in [0, 0.05) is 0 Å².